The van der Waals surface area contributed by atoms with Gasteiger partial charge in [-0.1, -0.05) is 0 Å². The van der Waals surface area contributed by atoms with Crippen LogP contribution in [0.4, 0.5) is 0 Å². The van der Waals surface area contributed by atoms with Gasteiger partial charge in [0.15, 0.2) is 0 Å². The maximum atomic E-state index is 11.9. The number of thiophene rings is 1. The zero-order valence-electron chi connectivity index (χ0n) is 11.0. The lowest BCUT2D eigenvalue weighted by molar-refractivity contribution is -0.130. The quantitative estimate of drug-likeness (QED) is 0.818. The Morgan fingerprint density at radius 3 is 3.00 bits per heavy atom. The SMILES string of the molecule is CN(Cc1ncn[nH]1)C(=O)CCNC(=O)c1ccsc1. The number of amides is 2. The number of hydrogen-bond acceptors (Lipinski definition) is 5. The van der Waals surface area contributed by atoms with Gasteiger partial charge in [-0.05, 0) is 11.4 Å². The molecule has 2 aromatic rings. The molecule has 2 rings (SSSR count). The smallest absolute Gasteiger partial charge is 0.252 e. The van der Waals surface area contributed by atoms with Crippen LogP contribution in [0.25, 0.3) is 0 Å². The van der Waals surface area contributed by atoms with E-state index in [0.29, 0.717) is 24.5 Å². The van der Waals surface area contributed by atoms with Crippen molar-refractivity contribution in [2.75, 3.05) is 13.6 Å². The van der Waals surface area contributed by atoms with E-state index < -0.39 is 0 Å². The van der Waals surface area contributed by atoms with Crippen molar-refractivity contribution in [1.82, 2.24) is 25.4 Å². The van der Waals surface area contributed by atoms with Gasteiger partial charge in [-0.25, -0.2) is 4.98 Å². The van der Waals surface area contributed by atoms with Crippen molar-refractivity contribution in [3.63, 3.8) is 0 Å². The molecular weight excluding hydrogens is 278 g/mol. The number of nitrogens with zero attached hydrogens (tertiary/aromatic N) is 3. The van der Waals surface area contributed by atoms with Gasteiger partial charge in [-0.2, -0.15) is 16.4 Å². The Balaban J connectivity index is 1.71. The molecule has 2 aromatic heterocycles. The average molecular weight is 293 g/mol. The van der Waals surface area contributed by atoms with Gasteiger partial charge >= 0.3 is 0 Å². The minimum Gasteiger partial charge on any atom is -0.351 e. The fraction of sp³-hybridized carbons (Fsp3) is 0.333. The number of carbonyl (C=O) groups excluding carboxylic acids is 2. The normalized spacial score (nSPS) is 10.2. The van der Waals surface area contributed by atoms with Crippen LogP contribution in [0, 0.1) is 0 Å². The van der Waals surface area contributed by atoms with Crippen molar-refractivity contribution < 1.29 is 9.59 Å². The molecule has 7 nitrogen and oxygen atoms in total. The molecule has 0 aliphatic carbocycles. The molecule has 0 saturated carbocycles. The van der Waals surface area contributed by atoms with Crippen molar-refractivity contribution in [3.05, 3.63) is 34.5 Å². The van der Waals surface area contributed by atoms with Crippen LogP contribution in [0.15, 0.2) is 23.2 Å². The van der Waals surface area contributed by atoms with Crippen LogP contribution >= 0.6 is 11.3 Å². The van der Waals surface area contributed by atoms with Gasteiger partial charge in [0.1, 0.15) is 12.2 Å². The Bertz CT molecular complexity index is 552. The predicted molar refractivity (Wildman–Crippen MR) is 74.1 cm³/mol. The fourth-order valence-electron chi connectivity index (χ4n) is 1.59. The number of aromatic amines is 1. The molecule has 0 aliphatic rings. The summed E-state index contributed by atoms with van der Waals surface area (Å²) in [5.74, 6) is 0.409. The topological polar surface area (TPSA) is 91.0 Å². The van der Waals surface area contributed by atoms with Crippen molar-refractivity contribution in [2.45, 2.75) is 13.0 Å². The van der Waals surface area contributed by atoms with Crippen LogP contribution in [-0.4, -0.2) is 45.5 Å². The summed E-state index contributed by atoms with van der Waals surface area (Å²) in [6.07, 6.45) is 1.65. The summed E-state index contributed by atoms with van der Waals surface area (Å²) in [4.78, 5) is 29.0. The summed E-state index contributed by atoms with van der Waals surface area (Å²) in [6, 6.07) is 1.75. The second kappa shape index (κ2) is 6.80. The largest absolute Gasteiger partial charge is 0.351 e. The fourth-order valence-corrected chi connectivity index (χ4v) is 2.23. The number of nitrogens with one attached hydrogen (secondary N) is 2. The molecular formula is C12H15N5O2S. The molecule has 0 radical (unpaired) electrons. The van der Waals surface area contributed by atoms with Gasteiger partial charge < -0.3 is 10.2 Å². The Hall–Kier alpha value is -2.22. The first-order chi connectivity index (χ1) is 9.66. The molecule has 0 bridgehead atoms. The van der Waals surface area contributed by atoms with E-state index >= 15 is 0 Å². The summed E-state index contributed by atoms with van der Waals surface area (Å²) in [5.41, 5.74) is 0.623. The first kappa shape index (κ1) is 14.2. The predicted octanol–water partition coefficient (Wildman–Crippen LogP) is 0.645. The van der Waals surface area contributed by atoms with Crippen LogP contribution in [-0.2, 0) is 11.3 Å². The highest BCUT2D eigenvalue weighted by Gasteiger charge is 2.11. The van der Waals surface area contributed by atoms with Gasteiger partial charge in [0.2, 0.25) is 5.91 Å². The molecule has 2 N–H and O–H groups in total. The maximum Gasteiger partial charge on any atom is 0.252 e. The third-order valence-electron chi connectivity index (χ3n) is 2.69. The van der Waals surface area contributed by atoms with Crippen molar-refractivity contribution >= 4 is 23.2 Å². The summed E-state index contributed by atoms with van der Waals surface area (Å²) in [5, 5.41) is 12.7. The minimum atomic E-state index is -0.156. The Morgan fingerprint density at radius 1 is 1.50 bits per heavy atom. The zero-order valence-corrected chi connectivity index (χ0v) is 11.8. The van der Waals surface area contributed by atoms with Gasteiger partial charge in [-0.15, -0.1) is 0 Å². The molecule has 0 aromatic carbocycles. The van der Waals surface area contributed by atoms with Gasteiger partial charge in [0, 0.05) is 31.0 Å². The molecule has 0 fully saturated rings. The van der Waals surface area contributed by atoms with E-state index in [4.69, 9.17) is 0 Å². The molecule has 106 valence electrons. The molecule has 0 spiro atoms. The number of hydrogen-bond donors (Lipinski definition) is 2. The van der Waals surface area contributed by atoms with Gasteiger partial charge in [0.25, 0.3) is 5.91 Å². The van der Waals surface area contributed by atoms with E-state index in [2.05, 4.69) is 20.5 Å². The monoisotopic (exact) mass is 293 g/mol. The number of carbonyl (C=O) groups is 2. The van der Waals surface area contributed by atoms with E-state index in [0.717, 1.165) is 0 Å². The molecule has 0 unspecified atom stereocenters. The lowest BCUT2D eigenvalue weighted by Gasteiger charge is -2.15. The van der Waals surface area contributed by atoms with Crippen LogP contribution in [0.3, 0.4) is 0 Å². The van der Waals surface area contributed by atoms with E-state index in [9.17, 15) is 9.59 Å². The summed E-state index contributed by atoms with van der Waals surface area (Å²) < 4.78 is 0. The molecule has 2 amide bonds. The van der Waals surface area contributed by atoms with E-state index in [1.165, 1.54) is 22.6 Å². The van der Waals surface area contributed by atoms with Gasteiger partial charge in [-0.3, -0.25) is 14.7 Å². The van der Waals surface area contributed by atoms with Gasteiger partial charge in [0.05, 0.1) is 6.54 Å². The van der Waals surface area contributed by atoms with E-state index in [1.54, 1.807) is 18.5 Å². The average Bonchev–Trinajstić information content (AvgIpc) is 3.11. The summed E-state index contributed by atoms with van der Waals surface area (Å²) in [7, 11) is 1.69. The molecule has 0 saturated heterocycles. The first-order valence-electron chi connectivity index (χ1n) is 6.05. The Labute approximate surface area is 120 Å². The zero-order chi connectivity index (χ0) is 14.4. The second-order valence-electron chi connectivity index (χ2n) is 4.20. The highest BCUT2D eigenvalue weighted by atomic mass is 32.1. The first-order valence-corrected chi connectivity index (χ1v) is 6.99. The van der Waals surface area contributed by atoms with Crippen LogP contribution < -0.4 is 5.32 Å². The standard InChI is InChI=1S/C12H15N5O2S/c1-17(6-10-14-8-15-16-10)11(18)2-4-13-12(19)9-3-5-20-7-9/h3,5,7-8H,2,4,6H2,1H3,(H,13,19)(H,14,15,16). The highest BCUT2D eigenvalue weighted by molar-refractivity contribution is 7.08. The molecule has 0 aliphatic heterocycles. The molecule has 0 atom stereocenters. The lowest BCUT2D eigenvalue weighted by Crippen LogP contribution is -2.32. The molecule has 8 heteroatoms. The summed E-state index contributed by atoms with van der Waals surface area (Å²) >= 11 is 1.46. The Kier molecular flexibility index (Phi) is 4.83. The van der Waals surface area contributed by atoms with Crippen LogP contribution in [0.5, 0.6) is 0 Å². The minimum absolute atomic E-state index is 0.0629. The third kappa shape index (κ3) is 3.89. The molecule has 2 heterocycles. The number of aromatic nitrogens is 3. The highest BCUT2D eigenvalue weighted by Crippen LogP contribution is 2.05. The number of H-pyrrole nitrogens is 1. The molecule has 20 heavy (non-hydrogen) atoms. The third-order valence-corrected chi connectivity index (χ3v) is 3.37. The van der Waals surface area contributed by atoms with Crippen molar-refractivity contribution in [2.24, 2.45) is 0 Å². The summed E-state index contributed by atoms with van der Waals surface area (Å²) in [6.45, 7) is 0.686. The van der Waals surface area contributed by atoms with E-state index in [-0.39, 0.29) is 18.2 Å². The van der Waals surface area contributed by atoms with E-state index in [1.807, 2.05) is 5.38 Å². The van der Waals surface area contributed by atoms with Crippen molar-refractivity contribution in [3.8, 4) is 0 Å². The van der Waals surface area contributed by atoms with Crippen LogP contribution in [0.1, 0.15) is 22.6 Å². The van der Waals surface area contributed by atoms with Crippen molar-refractivity contribution in [1.29, 1.82) is 0 Å². The maximum absolute atomic E-state index is 11.9. The Morgan fingerprint density at radius 2 is 2.35 bits per heavy atom. The van der Waals surface area contributed by atoms with Crippen LogP contribution in [0.2, 0.25) is 0 Å². The lowest BCUT2D eigenvalue weighted by atomic mass is 10.3. The second-order valence-corrected chi connectivity index (χ2v) is 4.98. The number of rotatable bonds is 6.